The third-order valence-electron chi connectivity index (χ3n) is 3.09. The summed E-state index contributed by atoms with van der Waals surface area (Å²) in [7, 11) is -3.02. The number of furan rings is 1. The number of hydrogen-bond donors (Lipinski definition) is 1. The molecule has 2 rings (SSSR count). The Morgan fingerprint density at radius 1 is 1.47 bits per heavy atom. The Hall–Kier alpha value is -1.56. The maximum atomic E-state index is 11.8. The number of rotatable bonds is 3. The van der Waals surface area contributed by atoms with Crippen molar-refractivity contribution in [3.8, 4) is 0 Å². The Balaban J connectivity index is 1.97. The fourth-order valence-electron chi connectivity index (χ4n) is 2.15. The largest absolute Gasteiger partial charge is 0.462 e. The fourth-order valence-corrected chi connectivity index (χ4v) is 4.24. The van der Waals surface area contributed by atoms with E-state index >= 15 is 0 Å². The van der Waals surface area contributed by atoms with E-state index in [0.29, 0.717) is 12.2 Å². The summed E-state index contributed by atoms with van der Waals surface area (Å²) < 4.78 is 28.2. The molecule has 0 aliphatic carbocycles. The SMILES string of the molecule is Cc1ccc(/C=C/C(=O)NC2(C)CCS(=O)(=O)C2)o1. The number of carbonyl (C=O) groups excluding carboxylic acids is 1. The van der Waals surface area contributed by atoms with Crippen molar-refractivity contribution in [2.75, 3.05) is 11.5 Å². The van der Waals surface area contributed by atoms with Gasteiger partial charge in [0.25, 0.3) is 0 Å². The lowest BCUT2D eigenvalue weighted by molar-refractivity contribution is -0.117. The van der Waals surface area contributed by atoms with Gasteiger partial charge >= 0.3 is 0 Å². The minimum atomic E-state index is -3.02. The van der Waals surface area contributed by atoms with Crippen molar-refractivity contribution < 1.29 is 17.6 Å². The minimum Gasteiger partial charge on any atom is -0.462 e. The summed E-state index contributed by atoms with van der Waals surface area (Å²) in [4.78, 5) is 11.8. The summed E-state index contributed by atoms with van der Waals surface area (Å²) in [6.45, 7) is 3.57. The van der Waals surface area contributed by atoms with Crippen LogP contribution in [-0.2, 0) is 14.6 Å². The van der Waals surface area contributed by atoms with Gasteiger partial charge in [-0.1, -0.05) is 0 Å². The Morgan fingerprint density at radius 2 is 2.21 bits per heavy atom. The van der Waals surface area contributed by atoms with Gasteiger partial charge in [0.1, 0.15) is 11.5 Å². The third-order valence-corrected chi connectivity index (χ3v) is 4.99. The summed E-state index contributed by atoms with van der Waals surface area (Å²) in [5, 5.41) is 2.74. The van der Waals surface area contributed by atoms with Gasteiger partial charge in [0.2, 0.25) is 5.91 Å². The van der Waals surface area contributed by atoms with Gasteiger partial charge in [-0.25, -0.2) is 8.42 Å². The maximum Gasteiger partial charge on any atom is 0.244 e. The standard InChI is InChI=1S/C13H17NO4S/c1-10-3-4-11(18-10)5-6-12(15)14-13(2)7-8-19(16,17)9-13/h3-6H,7-9H2,1-2H3,(H,14,15)/b6-5+. The van der Waals surface area contributed by atoms with E-state index < -0.39 is 15.4 Å². The van der Waals surface area contributed by atoms with Crippen LogP contribution in [0, 0.1) is 6.92 Å². The molecule has 1 aliphatic heterocycles. The molecule has 1 atom stereocenters. The predicted molar refractivity (Wildman–Crippen MR) is 72.3 cm³/mol. The van der Waals surface area contributed by atoms with Gasteiger partial charge in [-0.3, -0.25) is 4.79 Å². The number of carbonyl (C=O) groups is 1. The van der Waals surface area contributed by atoms with Gasteiger partial charge in [-0.05, 0) is 38.5 Å². The number of hydrogen-bond acceptors (Lipinski definition) is 4. The van der Waals surface area contributed by atoms with Gasteiger partial charge in [-0.15, -0.1) is 0 Å². The van der Waals surface area contributed by atoms with E-state index in [9.17, 15) is 13.2 Å². The molecule has 5 nitrogen and oxygen atoms in total. The summed E-state index contributed by atoms with van der Waals surface area (Å²) in [5.74, 6) is 1.18. The van der Waals surface area contributed by atoms with Crippen LogP contribution in [0.3, 0.4) is 0 Å². The summed E-state index contributed by atoms with van der Waals surface area (Å²) >= 11 is 0. The fraction of sp³-hybridized carbons (Fsp3) is 0.462. The number of aryl methyl sites for hydroxylation is 1. The normalized spacial score (nSPS) is 25.8. The van der Waals surface area contributed by atoms with Crippen molar-refractivity contribution in [2.45, 2.75) is 25.8 Å². The second-order valence-electron chi connectivity index (χ2n) is 5.17. The first-order chi connectivity index (χ1) is 8.78. The van der Waals surface area contributed by atoms with Crippen molar-refractivity contribution in [3.05, 3.63) is 29.7 Å². The van der Waals surface area contributed by atoms with Crippen LogP contribution in [0.4, 0.5) is 0 Å². The summed E-state index contributed by atoms with van der Waals surface area (Å²) in [6, 6.07) is 3.57. The van der Waals surface area contributed by atoms with E-state index in [1.807, 2.05) is 13.0 Å². The van der Waals surface area contributed by atoms with E-state index in [2.05, 4.69) is 5.32 Å². The average Bonchev–Trinajstić information content (AvgIpc) is 2.80. The van der Waals surface area contributed by atoms with Gasteiger partial charge in [0.15, 0.2) is 9.84 Å². The molecule has 1 amide bonds. The van der Waals surface area contributed by atoms with Crippen LogP contribution >= 0.6 is 0 Å². The zero-order valence-corrected chi connectivity index (χ0v) is 11.8. The van der Waals surface area contributed by atoms with Crippen LogP contribution in [0.1, 0.15) is 24.9 Å². The number of amides is 1. The van der Waals surface area contributed by atoms with Crippen molar-refractivity contribution in [2.24, 2.45) is 0 Å². The third kappa shape index (κ3) is 3.70. The number of sulfone groups is 1. The summed E-state index contributed by atoms with van der Waals surface area (Å²) in [6.07, 6.45) is 3.37. The Bertz CT molecular complexity index is 614. The molecule has 1 N–H and O–H groups in total. The molecule has 0 saturated carbocycles. The van der Waals surface area contributed by atoms with Crippen LogP contribution in [0.15, 0.2) is 22.6 Å². The van der Waals surface area contributed by atoms with Gasteiger partial charge in [-0.2, -0.15) is 0 Å². The molecular weight excluding hydrogens is 266 g/mol. The molecule has 1 fully saturated rings. The lowest BCUT2D eigenvalue weighted by Crippen LogP contribution is -2.46. The molecule has 6 heteroatoms. The first kappa shape index (κ1) is 13.9. The molecular formula is C13H17NO4S. The minimum absolute atomic E-state index is 0.000555. The van der Waals surface area contributed by atoms with E-state index in [0.717, 1.165) is 5.76 Å². The Morgan fingerprint density at radius 3 is 2.74 bits per heavy atom. The van der Waals surface area contributed by atoms with E-state index in [-0.39, 0.29) is 17.4 Å². The molecule has 1 saturated heterocycles. The molecule has 1 aromatic heterocycles. The van der Waals surface area contributed by atoms with Crippen LogP contribution in [0.25, 0.3) is 6.08 Å². The van der Waals surface area contributed by atoms with Gasteiger partial charge < -0.3 is 9.73 Å². The molecule has 2 heterocycles. The highest BCUT2D eigenvalue weighted by Crippen LogP contribution is 2.22. The Labute approximate surface area is 112 Å². The van der Waals surface area contributed by atoms with Gasteiger partial charge in [0, 0.05) is 6.08 Å². The predicted octanol–water partition coefficient (Wildman–Crippen LogP) is 1.29. The molecule has 0 aromatic carbocycles. The molecule has 104 valence electrons. The number of nitrogens with one attached hydrogen (secondary N) is 1. The topological polar surface area (TPSA) is 76.4 Å². The first-order valence-electron chi connectivity index (χ1n) is 6.05. The lowest BCUT2D eigenvalue weighted by atomic mass is 10.0. The zero-order valence-electron chi connectivity index (χ0n) is 11.0. The van der Waals surface area contributed by atoms with Gasteiger partial charge in [0.05, 0.1) is 17.0 Å². The van der Waals surface area contributed by atoms with E-state index in [1.54, 1.807) is 19.1 Å². The first-order valence-corrected chi connectivity index (χ1v) is 7.87. The van der Waals surface area contributed by atoms with Crippen LogP contribution in [0.2, 0.25) is 0 Å². The molecule has 1 unspecified atom stereocenters. The summed E-state index contributed by atoms with van der Waals surface area (Å²) in [5.41, 5.74) is -0.667. The molecule has 0 bridgehead atoms. The van der Waals surface area contributed by atoms with E-state index in [4.69, 9.17) is 4.42 Å². The monoisotopic (exact) mass is 283 g/mol. The smallest absolute Gasteiger partial charge is 0.244 e. The van der Waals surface area contributed by atoms with Crippen molar-refractivity contribution in [1.82, 2.24) is 5.32 Å². The lowest BCUT2D eigenvalue weighted by Gasteiger charge is -2.22. The van der Waals surface area contributed by atoms with Crippen LogP contribution in [-0.4, -0.2) is 31.4 Å². The molecule has 1 aromatic rings. The Kier molecular flexibility index (Phi) is 3.54. The molecule has 0 radical (unpaired) electrons. The second kappa shape index (κ2) is 4.85. The van der Waals surface area contributed by atoms with E-state index in [1.165, 1.54) is 6.08 Å². The van der Waals surface area contributed by atoms with Crippen LogP contribution in [0.5, 0.6) is 0 Å². The second-order valence-corrected chi connectivity index (χ2v) is 7.36. The molecule has 0 spiro atoms. The zero-order chi connectivity index (χ0) is 14.1. The highest BCUT2D eigenvalue weighted by molar-refractivity contribution is 7.91. The van der Waals surface area contributed by atoms with Crippen molar-refractivity contribution >= 4 is 21.8 Å². The average molecular weight is 283 g/mol. The van der Waals surface area contributed by atoms with Crippen molar-refractivity contribution in [1.29, 1.82) is 0 Å². The highest BCUT2D eigenvalue weighted by atomic mass is 32.2. The van der Waals surface area contributed by atoms with Crippen molar-refractivity contribution in [3.63, 3.8) is 0 Å². The highest BCUT2D eigenvalue weighted by Gasteiger charge is 2.39. The van der Waals surface area contributed by atoms with Crippen LogP contribution < -0.4 is 5.32 Å². The molecule has 1 aliphatic rings. The maximum absolute atomic E-state index is 11.8. The molecule has 19 heavy (non-hydrogen) atoms. The quantitative estimate of drug-likeness (QED) is 0.848.